The van der Waals surface area contributed by atoms with Crippen LogP contribution in [0.15, 0.2) is 48.6 Å². The average Bonchev–Trinajstić information content (AvgIpc) is 2.62. The predicted molar refractivity (Wildman–Crippen MR) is 108 cm³/mol. The Kier molecular flexibility index (Phi) is 19.1. The molecule has 0 aromatic rings. The van der Waals surface area contributed by atoms with Gasteiger partial charge in [-0.25, -0.2) is 0 Å². The topological polar surface area (TPSA) is 52.3 Å². The zero-order valence-electron chi connectivity index (χ0n) is 16.0. The quantitative estimate of drug-likeness (QED) is 0.223. The van der Waals surface area contributed by atoms with Gasteiger partial charge in [-0.05, 0) is 44.9 Å². The highest BCUT2D eigenvalue weighted by atomic mass is 16.5. The molecule has 0 aromatic heterocycles. The Morgan fingerprint density at radius 3 is 1.84 bits per heavy atom. The average molecular weight is 348 g/mol. The molecule has 0 rings (SSSR count). The second-order valence-electron chi connectivity index (χ2n) is 5.99. The Morgan fingerprint density at radius 2 is 1.32 bits per heavy atom. The minimum atomic E-state index is -0.152. The van der Waals surface area contributed by atoms with Gasteiger partial charge in [-0.1, -0.05) is 68.4 Å². The van der Waals surface area contributed by atoms with Crippen molar-refractivity contribution in [2.75, 3.05) is 13.2 Å². The van der Waals surface area contributed by atoms with Crippen molar-refractivity contribution in [3.8, 4) is 0 Å². The third-order valence-electron chi connectivity index (χ3n) is 3.59. The van der Waals surface area contributed by atoms with E-state index in [9.17, 15) is 4.79 Å². The molecule has 0 amide bonds. The van der Waals surface area contributed by atoms with E-state index >= 15 is 0 Å². The molecule has 0 aliphatic rings. The van der Waals surface area contributed by atoms with Crippen molar-refractivity contribution in [2.45, 2.75) is 71.1 Å². The van der Waals surface area contributed by atoms with Crippen LogP contribution in [-0.4, -0.2) is 19.1 Å². The molecular weight excluding hydrogens is 310 g/mol. The van der Waals surface area contributed by atoms with E-state index in [2.05, 4.69) is 55.5 Å². The van der Waals surface area contributed by atoms with Gasteiger partial charge in [-0.15, -0.1) is 0 Å². The number of nitrogens with two attached hydrogens (primary N) is 1. The molecule has 0 saturated heterocycles. The SMILES string of the molecule is CCCCC/C=C/C/C=C/C/C=C/C/C=C/CCCC(=O)OCCN. The second-order valence-corrected chi connectivity index (χ2v) is 5.99. The van der Waals surface area contributed by atoms with Gasteiger partial charge in [0.15, 0.2) is 0 Å². The number of ether oxygens (including phenoxy) is 1. The molecule has 3 nitrogen and oxygen atoms in total. The summed E-state index contributed by atoms with van der Waals surface area (Å²) in [4.78, 5) is 11.2. The first-order valence-electron chi connectivity index (χ1n) is 9.77. The first-order valence-corrected chi connectivity index (χ1v) is 9.77. The van der Waals surface area contributed by atoms with Gasteiger partial charge in [0.1, 0.15) is 6.61 Å². The molecule has 142 valence electrons. The van der Waals surface area contributed by atoms with Crippen molar-refractivity contribution in [3.05, 3.63) is 48.6 Å². The Morgan fingerprint density at radius 1 is 0.800 bits per heavy atom. The summed E-state index contributed by atoms with van der Waals surface area (Å²) in [6.07, 6.45) is 27.9. The van der Waals surface area contributed by atoms with Crippen molar-refractivity contribution in [1.29, 1.82) is 0 Å². The van der Waals surface area contributed by atoms with Gasteiger partial charge in [0.05, 0.1) is 0 Å². The maximum atomic E-state index is 11.2. The Hall–Kier alpha value is -1.61. The van der Waals surface area contributed by atoms with Crippen LogP contribution >= 0.6 is 0 Å². The summed E-state index contributed by atoms with van der Waals surface area (Å²) in [6, 6.07) is 0. The number of esters is 1. The summed E-state index contributed by atoms with van der Waals surface area (Å²) in [5, 5.41) is 0. The van der Waals surface area contributed by atoms with E-state index < -0.39 is 0 Å². The van der Waals surface area contributed by atoms with Crippen LogP contribution in [-0.2, 0) is 9.53 Å². The van der Waals surface area contributed by atoms with Crippen LogP contribution < -0.4 is 5.73 Å². The molecule has 0 radical (unpaired) electrons. The zero-order chi connectivity index (χ0) is 18.4. The standard InChI is InChI=1S/C22H37NO2/c1-2-3-4-5-6-7-8-9-10-11-12-13-14-15-16-17-18-19-22(24)25-21-20-23/h6-7,9-10,12-13,15-16H,2-5,8,11,14,17-21,23H2,1H3/b7-6+,10-9+,13-12+,16-15+. The van der Waals surface area contributed by atoms with Crippen molar-refractivity contribution in [3.63, 3.8) is 0 Å². The molecule has 0 bridgehead atoms. The molecule has 0 spiro atoms. The van der Waals surface area contributed by atoms with Crippen molar-refractivity contribution in [1.82, 2.24) is 0 Å². The van der Waals surface area contributed by atoms with Crippen LogP contribution in [0.1, 0.15) is 71.1 Å². The number of unbranched alkanes of at least 4 members (excludes halogenated alkanes) is 4. The van der Waals surface area contributed by atoms with Gasteiger partial charge in [-0.2, -0.15) is 0 Å². The summed E-state index contributed by atoms with van der Waals surface area (Å²) < 4.78 is 4.91. The summed E-state index contributed by atoms with van der Waals surface area (Å²) >= 11 is 0. The molecule has 0 aromatic carbocycles. The molecule has 0 saturated carbocycles. The van der Waals surface area contributed by atoms with E-state index in [1.165, 1.54) is 25.7 Å². The molecule has 0 atom stereocenters. The van der Waals surface area contributed by atoms with Gasteiger partial charge in [0, 0.05) is 13.0 Å². The zero-order valence-corrected chi connectivity index (χ0v) is 16.0. The van der Waals surface area contributed by atoms with Crippen LogP contribution in [0, 0.1) is 0 Å². The minimum absolute atomic E-state index is 0.152. The number of rotatable bonds is 16. The van der Waals surface area contributed by atoms with E-state index in [4.69, 9.17) is 10.5 Å². The van der Waals surface area contributed by atoms with E-state index in [1.807, 2.05) is 0 Å². The summed E-state index contributed by atoms with van der Waals surface area (Å²) in [5.74, 6) is -0.152. The van der Waals surface area contributed by atoms with Crippen LogP contribution in [0.4, 0.5) is 0 Å². The Bertz CT molecular complexity index is 408. The molecule has 2 N–H and O–H groups in total. The highest BCUT2D eigenvalue weighted by molar-refractivity contribution is 5.69. The fourth-order valence-electron chi connectivity index (χ4n) is 2.17. The fraction of sp³-hybridized carbons (Fsp3) is 0.591. The van der Waals surface area contributed by atoms with Crippen molar-refractivity contribution >= 4 is 5.97 Å². The lowest BCUT2D eigenvalue weighted by Crippen LogP contribution is -2.13. The van der Waals surface area contributed by atoms with Gasteiger partial charge >= 0.3 is 5.97 Å². The van der Waals surface area contributed by atoms with Crippen LogP contribution in [0.5, 0.6) is 0 Å². The minimum Gasteiger partial charge on any atom is -0.464 e. The van der Waals surface area contributed by atoms with Crippen molar-refractivity contribution in [2.24, 2.45) is 5.73 Å². The van der Waals surface area contributed by atoms with E-state index in [0.717, 1.165) is 32.1 Å². The Labute approximate surface area is 154 Å². The van der Waals surface area contributed by atoms with Gasteiger partial charge in [0.25, 0.3) is 0 Å². The molecule has 25 heavy (non-hydrogen) atoms. The molecular formula is C22H37NO2. The van der Waals surface area contributed by atoms with Crippen LogP contribution in [0.25, 0.3) is 0 Å². The van der Waals surface area contributed by atoms with Crippen LogP contribution in [0.2, 0.25) is 0 Å². The molecule has 0 heterocycles. The third kappa shape index (κ3) is 20.3. The lowest BCUT2D eigenvalue weighted by molar-refractivity contribution is -0.143. The number of allylic oxidation sites excluding steroid dienone is 8. The maximum Gasteiger partial charge on any atom is 0.305 e. The Balaban J connectivity index is 3.44. The lowest BCUT2D eigenvalue weighted by Gasteiger charge is -2.00. The van der Waals surface area contributed by atoms with Gasteiger partial charge in [0.2, 0.25) is 0 Å². The molecule has 0 aliphatic heterocycles. The number of carbonyl (C=O) groups excluding carboxylic acids is 1. The molecule has 0 aliphatic carbocycles. The van der Waals surface area contributed by atoms with E-state index in [-0.39, 0.29) is 5.97 Å². The highest BCUT2D eigenvalue weighted by Gasteiger charge is 1.99. The van der Waals surface area contributed by atoms with Crippen LogP contribution in [0.3, 0.4) is 0 Å². The monoisotopic (exact) mass is 347 g/mol. The maximum absolute atomic E-state index is 11.2. The number of hydrogen-bond donors (Lipinski definition) is 1. The normalized spacial score (nSPS) is 12.2. The lowest BCUT2D eigenvalue weighted by atomic mass is 10.2. The smallest absolute Gasteiger partial charge is 0.305 e. The molecule has 0 unspecified atom stereocenters. The number of hydrogen-bond acceptors (Lipinski definition) is 3. The third-order valence-corrected chi connectivity index (χ3v) is 3.59. The fourth-order valence-corrected chi connectivity index (χ4v) is 2.17. The van der Waals surface area contributed by atoms with Gasteiger partial charge in [-0.3, -0.25) is 4.79 Å². The predicted octanol–water partition coefficient (Wildman–Crippen LogP) is 5.63. The highest BCUT2D eigenvalue weighted by Crippen LogP contribution is 2.02. The van der Waals surface area contributed by atoms with Gasteiger partial charge < -0.3 is 10.5 Å². The first-order chi connectivity index (χ1) is 12.3. The largest absolute Gasteiger partial charge is 0.464 e. The second kappa shape index (κ2) is 20.4. The molecule has 0 fully saturated rings. The first kappa shape index (κ1) is 23.4. The summed E-state index contributed by atoms with van der Waals surface area (Å²) in [7, 11) is 0. The van der Waals surface area contributed by atoms with E-state index in [1.54, 1.807) is 0 Å². The van der Waals surface area contributed by atoms with E-state index in [0.29, 0.717) is 19.6 Å². The molecule has 3 heteroatoms. The summed E-state index contributed by atoms with van der Waals surface area (Å²) in [5.41, 5.74) is 5.27. The number of carbonyl (C=O) groups is 1. The summed E-state index contributed by atoms with van der Waals surface area (Å²) in [6.45, 7) is 2.95. The van der Waals surface area contributed by atoms with Crippen molar-refractivity contribution < 1.29 is 9.53 Å².